The largest absolute Gasteiger partial charge is 0.490 e. The molecule has 1 saturated carbocycles. The van der Waals surface area contributed by atoms with Gasteiger partial charge in [0.1, 0.15) is 5.75 Å². The molecule has 0 saturated heterocycles. The van der Waals surface area contributed by atoms with E-state index in [1.807, 2.05) is 12.1 Å². The van der Waals surface area contributed by atoms with Crippen LogP contribution < -0.4 is 4.74 Å². The highest BCUT2D eigenvalue weighted by atomic mass is 16.5. The van der Waals surface area contributed by atoms with Crippen molar-refractivity contribution in [3.63, 3.8) is 0 Å². The molecule has 2 aliphatic carbocycles. The molecule has 1 aromatic rings. The first kappa shape index (κ1) is 13.7. The van der Waals surface area contributed by atoms with Crippen LogP contribution in [-0.4, -0.2) is 11.9 Å². The van der Waals surface area contributed by atoms with E-state index in [9.17, 15) is 4.79 Å². The third kappa shape index (κ3) is 2.89. The van der Waals surface area contributed by atoms with E-state index in [4.69, 9.17) is 4.74 Å². The number of rotatable bonds is 3. The molecular weight excluding hydrogens is 248 g/mol. The first-order chi connectivity index (χ1) is 9.76. The highest BCUT2D eigenvalue weighted by Gasteiger charge is 2.22. The molecule has 0 atom stereocenters. The predicted octanol–water partition coefficient (Wildman–Crippen LogP) is 4.55. The third-order valence-corrected chi connectivity index (χ3v) is 4.91. The van der Waals surface area contributed by atoms with Crippen LogP contribution in [0.2, 0.25) is 0 Å². The van der Waals surface area contributed by atoms with Crippen LogP contribution in [0, 0.1) is 5.92 Å². The number of carbonyl (C=O) groups excluding carboxylic acids is 1. The molecule has 0 heterocycles. The minimum absolute atomic E-state index is 0.284. The van der Waals surface area contributed by atoms with Gasteiger partial charge < -0.3 is 4.74 Å². The molecule has 1 aromatic carbocycles. The van der Waals surface area contributed by atoms with Crippen molar-refractivity contribution in [1.82, 2.24) is 0 Å². The summed E-state index contributed by atoms with van der Waals surface area (Å²) in [6.07, 6.45) is 9.23. The van der Waals surface area contributed by atoms with Crippen molar-refractivity contribution in [2.45, 2.75) is 64.4 Å². The zero-order chi connectivity index (χ0) is 13.9. The number of fused-ring (bicyclic) bond motifs is 1. The van der Waals surface area contributed by atoms with Crippen LogP contribution in [0.4, 0.5) is 0 Å². The van der Waals surface area contributed by atoms with Crippen molar-refractivity contribution in [2.75, 3.05) is 0 Å². The lowest BCUT2D eigenvalue weighted by Crippen LogP contribution is -2.24. The summed E-state index contributed by atoms with van der Waals surface area (Å²) in [4.78, 5) is 12.0. The Labute approximate surface area is 121 Å². The Morgan fingerprint density at radius 2 is 1.95 bits per heavy atom. The maximum Gasteiger partial charge on any atom is 0.163 e. The summed E-state index contributed by atoms with van der Waals surface area (Å²) in [5, 5.41) is 0. The Kier molecular flexibility index (Phi) is 4.09. The fourth-order valence-corrected chi connectivity index (χ4v) is 3.53. The van der Waals surface area contributed by atoms with Gasteiger partial charge in [-0.1, -0.05) is 19.4 Å². The summed E-state index contributed by atoms with van der Waals surface area (Å²) in [7, 11) is 0. The van der Waals surface area contributed by atoms with Crippen molar-refractivity contribution in [3.8, 4) is 5.75 Å². The fraction of sp³-hybridized carbons (Fsp3) is 0.611. The lowest BCUT2D eigenvalue weighted by molar-refractivity contribution is 0.0970. The van der Waals surface area contributed by atoms with E-state index in [1.54, 1.807) is 0 Å². The van der Waals surface area contributed by atoms with Crippen LogP contribution in [-0.2, 0) is 6.42 Å². The molecule has 0 amide bonds. The summed E-state index contributed by atoms with van der Waals surface area (Å²) >= 11 is 0. The van der Waals surface area contributed by atoms with Gasteiger partial charge in [-0.15, -0.1) is 0 Å². The van der Waals surface area contributed by atoms with Crippen molar-refractivity contribution in [3.05, 3.63) is 29.3 Å². The molecule has 0 N–H and O–H groups in total. The van der Waals surface area contributed by atoms with Gasteiger partial charge in [-0.3, -0.25) is 4.79 Å². The van der Waals surface area contributed by atoms with E-state index >= 15 is 0 Å². The molecule has 0 aromatic heterocycles. The van der Waals surface area contributed by atoms with Crippen LogP contribution in [0.15, 0.2) is 18.2 Å². The summed E-state index contributed by atoms with van der Waals surface area (Å²) < 4.78 is 6.11. The van der Waals surface area contributed by atoms with E-state index < -0.39 is 0 Å². The molecule has 2 nitrogen and oxygen atoms in total. The van der Waals surface area contributed by atoms with Crippen LogP contribution >= 0.6 is 0 Å². The monoisotopic (exact) mass is 272 g/mol. The number of ketones is 1. The molecule has 20 heavy (non-hydrogen) atoms. The number of ether oxygens (including phenoxy) is 1. The van der Waals surface area contributed by atoms with E-state index in [1.165, 1.54) is 24.8 Å². The minimum atomic E-state index is 0.284. The van der Waals surface area contributed by atoms with Crippen molar-refractivity contribution >= 4 is 5.78 Å². The van der Waals surface area contributed by atoms with Crippen LogP contribution in [0.1, 0.15) is 67.8 Å². The highest BCUT2D eigenvalue weighted by molar-refractivity contribution is 5.98. The molecule has 1 fully saturated rings. The van der Waals surface area contributed by atoms with Gasteiger partial charge in [0, 0.05) is 12.0 Å². The number of hydrogen-bond acceptors (Lipinski definition) is 2. The second-order valence-electron chi connectivity index (χ2n) is 6.26. The molecule has 3 rings (SSSR count). The van der Waals surface area contributed by atoms with Crippen molar-refractivity contribution in [2.24, 2.45) is 5.92 Å². The Hall–Kier alpha value is -1.31. The quantitative estimate of drug-likeness (QED) is 0.806. The van der Waals surface area contributed by atoms with Crippen LogP contribution in [0.3, 0.4) is 0 Å². The van der Waals surface area contributed by atoms with Gasteiger partial charge in [0.15, 0.2) is 5.78 Å². The SMILES string of the molecule is CCC1CCC(Oc2ccc3c(c2)C(=O)CCC3)CC1. The maximum atomic E-state index is 12.0. The van der Waals surface area contributed by atoms with Crippen LogP contribution in [0.25, 0.3) is 0 Å². The lowest BCUT2D eigenvalue weighted by atomic mass is 9.86. The first-order valence-corrected chi connectivity index (χ1v) is 8.09. The van der Waals surface area contributed by atoms with Crippen molar-refractivity contribution < 1.29 is 9.53 Å². The maximum absolute atomic E-state index is 12.0. The summed E-state index contributed by atoms with van der Waals surface area (Å²) in [6, 6.07) is 6.10. The zero-order valence-electron chi connectivity index (χ0n) is 12.4. The zero-order valence-corrected chi connectivity index (χ0v) is 12.4. The second-order valence-corrected chi connectivity index (χ2v) is 6.26. The fourth-order valence-electron chi connectivity index (χ4n) is 3.53. The average molecular weight is 272 g/mol. The molecule has 0 unspecified atom stereocenters. The molecule has 0 aliphatic heterocycles. The molecule has 108 valence electrons. The van der Waals surface area contributed by atoms with E-state index in [0.717, 1.165) is 42.9 Å². The van der Waals surface area contributed by atoms with E-state index in [0.29, 0.717) is 12.5 Å². The number of carbonyl (C=O) groups is 1. The van der Waals surface area contributed by atoms with E-state index in [2.05, 4.69) is 13.0 Å². The minimum Gasteiger partial charge on any atom is -0.490 e. The summed E-state index contributed by atoms with van der Waals surface area (Å²) in [5.74, 6) is 2.06. The van der Waals surface area contributed by atoms with Gasteiger partial charge in [0.2, 0.25) is 0 Å². The van der Waals surface area contributed by atoms with Crippen molar-refractivity contribution in [1.29, 1.82) is 0 Å². The second kappa shape index (κ2) is 5.99. The topological polar surface area (TPSA) is 26.3 Å². The first-order valence-electron chi connectivity index (χ1n) is 8.09. The highest BCUT2D eigenvalue weighted by Crippen LogP contribution is 2.31. The number of aryl methyl sites for hydroxylation is 1. The average Bonchev–Trinajstić information content (AvgIpc) is 2.49. The molecule has 2 heteroatoms. The summed E-state index contributed by atoms with van der Waals surface area (Å²) in [6.45, 7) is 2.28. The van der Waals surface area contributed by atoms with Crippen LogP contribution in [0.5, 0.6) is 5.75 Å². The molecule has 0 bridgehead atoms. The number of Topliss-reactive ketones (excluding diaryl/α,β-unsaturated/α-hetero) is 1. The lowest BCUT2D eigenvalue weighted by Gasteiger charge is -2.28. The third-order valence-electron chi connectivity index (χ3n) is 4.91. The Morgan fingerprint density at radius 3 is 2.70 bits per heavy atom. The normalized spacial score (nSPS) is 26.1. The van der Waals surface area contributed by atoms with Gasteiger partial charge in [-0.25, -0.2) is 0 Å². The standard InChI is InChI=1S/C18H24O2/c1-2-13-6-9-15(10-7-13)20-16-11-8-14-4-3-5-18(19)17(14)12-16/h8,11-13,15H,2-7,9-10H2,1H3. The molecule has 2 aliphatic rings. The number of hydrogen-bond donors (Lipinski definition) is 0. The van der Waals surface area contributed by atoms with E-state index in [-0.39, 0.29) is 5.78 Å². The molecule has 0 spiro atoms. The molecular formula is C18H24O2. The van der Waals surface area contributed by atoms with Gasteiger partial charge in [-0.05, 0) is 62.1 Å². The van der Waals surface area contributed by atoms with Gasteiger partial charge in [0.05, 0.1) is 6.10 Å². The van der Waals surface area contributed by atoms with Gasteiger partial charge in [0.25, 0.3) is 0 Å². The predicted molar refractivity (Wildman–Crippen MR) is 80.4 cm³/mol. The van der Waals surface area contributed by atoms with Gasteiger partial charge in [-0.2, -0.15) is 0 Å². The van der Waals surface area contributed by atoms with Gasteiger partial charge >= 0.3 is 0 Å². The Balaban J connectivity index is 1.66. The molecule has 0 radical (unpaired) electrons. The summed E-state index contributed by atoms with van der Waals surface area (Å²) in [5.41, 5.74) is 2.10. The smallest absolute Gasteiger partial charge is 0.163 e. The number of benzene rings is 1. The Bertz CT molecular complexity index is 484. The Morgan fingerprint density at radius 1 is 1.15 bits per heavy atom.